The average molecular weight is 362 g/mol. The molecule has 1 aromatic rings. The second kappa shape index (κ2) is 14.4. The number of aromatic hydroxyl groups is 1. The smallest absolute Gasteiger partial charge is 0.466 e. The number of phosphoric acid groups is 1. The van der Waals surface area contributed by atoms with Crippen LogP contribution in [0.15, 0.2) is 24.3 Å². The Morgan fingerprint density at radius 2 is 1.42 bits per heavy atom. The molecule has 0 spiro atoms. The van der Waals surface area contributed by atoms with Crippen LogP contribution in [-0.2, 0) is 15.7 Å². The zero-order valence-corrected chi connectivity index (χ0v) is 15.3. The Labute approximate surface area is 144 Å². The summed E-state index contributed by atoms with van der Waals surface area (Å²) in [7, 11) is -4.64. The molecule has 0 radical (unpaired) electrons. The third-order valence-corrected chi connectivity index (χ3v) is 3.25. The molecule has 1 fully saturated rings. The van der Waals surface area contributed by atoms with E-state index in [1.165, 1.54) is 44.9 Å². The van der Waals surface area contributed by atoms with E-state index in [2.05, 4.69) is 11.7 Å². The molecule has 4 N–H and O–H groups in total. The van der Waals surface area contributed by atoms with Crippen molar-refractivity contribution >= 4 is 7.82 Å². The second-order valence-corrected chi connectivity index (χ2v) is 6.65. The lowest BCUT2D eigenvalue weighted by atomic mass is 10.0. The highest BCUT2D eigenvalue weighted by Crippen LogP contribution is 2.25. The molecule has 0 bridgehead atoms. The number of ether oxygens (including phenoxy) is 1. The number of hydrogen-bond acceptors (Lipinski definition) is 3. The lowest BCUT2D eigenvalue weighted by Gasteiger charge is -2.04. The van der Waals surface area contributed by atoms with Gasteiger partial charge in [-0.2, -0.15) is 0 Å². The van der Waals surface area contributed by atoms with Crippen LogP contribution < -0.4 is 0 Å². The minimum absolute atomic E-state index is 0.452. The predicted octanol–water partition coefficient (Wildman–Crippen LogP) is 3.77. The lowest BCUT2D eigenvalue weighted by molar-refractivity contribution is 0.275. The zero-order valence-electron chi connectivity index (χ0n) is 14.4. The number of benzene rings is 1. The van der Waals surface area contributed by atoms with Crippen LogP contribution in [-0.4, -0.2) is 33.0 Å². The third kappa shape index (κ3) is 21.1. The average Bonchev–Trinajstić information content (AvgIpc) is 3.35. The van der Waals surface area contributed by atoms with Crippen molar-refractivity contribution in [1.29, 1.82) is 0 Å². The molecule has 24 heavy (non-hydrogen) atoms. The first-order valence-electron chi connectivity index (χ1n) is 8.47. The van der Waals surface area contributed by atoms with Gasteiger partial charge in [-0.3, -0.25) is 0 Å². The highest BCUT2D eigenvalue weighted by Gasteiger charge is 2.00. The van der Waals surface area contributed by atoms with Crippen LogP contribution in [0.4, 0.5) is 0 Å². The molecule has 2 rings (SSSR count). The Morgan fingerprint density at radius 1 is 0.958 bits per heavy atom. The molecule has 1 aliphatic heterocycles. The van der Waals surface area contributed by atoms with Crippen LogP contribution in [0.25, 0.3) is 0 Å². The first-order chi connectivity index (χ1) is 11.3. The van der Waals surface area contributed by atoms with Gasteiger partial charge in [0, 0.05) is 0 Å². The van der Waals surface area contributed by atoms with Gasteiger partial charge in [0.05, 0.1) is 13.2 Å². The van der Waals surface area contributed by atoms with Gasteiger partial charge < -0.3 is 24.5 Å². The summed E-state index contributed by atoms with van der Waals surface area (Å²) in [5.41, 5.74) is 1.09. The highest BCUT2D eigenvalue weighted by molar-refractivity contribution is 7.45. The predicted molar refractivity (Wildman–Crippen MR) is 94.9 cm³/mol. The largest absolute Gasteiger partial charge is 0.508 e. The number of aryl methyl sites for hydroxylation is 1. The molecule has 1 aliphatic rings. The second-order valence-electron chi connectivity index (χ2n) is 5.63. The third-order valence-electron chi connectivity index (χ3n) is 3.25. The Morgan fingerprint density at radius 3 is 1.88 bits per heavy atom. The van der Waals surface area contributed by atoms with Crippen molar-refractivity contribution in [1.82, 2.24) is 0 Å². The fourth-order valence-electron chi connectivity index (χ4n) is 1.99. The van der Waals surface area contributed by atoms with Crippen LogP contribution in [0, 0.1) is 0 Å². The number of epoxide rings is 1. The van der Waals surface area contributed by atoms with E-state index >= 15 is 0 Å². The molecular weight excluding hydrogens is 331 g/mol. The van der Waals surface area contributed by atoms with Gasteiger partial charge in [-0.25, -0.2) is 4.57 Å². The quantitative estimate of drug-likeness (QED) is 0.318. The van der Waals surface area contributed by atoms with E-state index in [1.54, 1.807) is 6.07 Å². The van der Waals surface area contributed by atoms with E-state index in [0.717, 1.165) is 25.2 Å². The monoisotopic (exact) mass is 362 g/mol. The van der Waals surface area contributed by atoms with Gasteiger partial charge in [-0.15, -0.1) is 0 Å². The van der Waals surface area contributed by atoms with Crippen LogP contribution in [0.5, 0.6) is 5.75 Å². The summed E-state index contributed by atoms with van der Waals surface area (Å²) in [6.07, 6.45) is 10.3. The minimum Gasteiger partial charge on any atom is -0.508 e. The number of unbranched alkanes of at least 4 members (excludes halogenated alkanes) is 6. The number of phenolic OH excluding ortho intramolecular Hbond substituents is 1. The normalized spacial score (nSPS) is 12.5. The maximum atomic E-state index is 9.58. The van der Waals surface area contributed by atoms with Crippen molar-refractivity contribution < 1.29 is 29.1 Å². The van der Waals surface area contributed by atoms with Gasteiger partial charge in [0.25, 0.3) is 0 Å². The highest BCUT2D eigenvalue weighted by atomic mass is 31.2. The van der Waals surface area contributed by atoms with Crippen molar-refractivity contribution in [3.05, 3.63) is 29.8 Å². The molecule has 0 atom stereocenters. The Kier molecular flexibility index (Phi) is 13.9. The number of rotatable bonds is 8. The Bertz CT molecular complexity index is 447. The van der Waals surface area contributed by atoms with Gasteiger partial charge in [-0.1, -0.05) is 63.6 Å². The van der Waals surface area contributed by atoms with Crippen molar-refractivity contribution in [2.24, 2.45) is 0 Å². The summed E-state index contributed by atoms with van der Waals surface area (Å²) in [6.45, 7) is 4.25. The fraction of sp³-hybridized carbons (Fsp3) is 0.647. The van der Waals surface area contributed by atoms with E-state index in [1.807, 2.05) is 18.2 Å². The fourth-order valence-corrected chi connectivity index (χ4v) is 1.99. The van der Waals surface area contributed by atoms with Crippen molar-refractivity contribution in [2.75, 3.05) is 13.2 Å². The zero-order chi connectivity index (χ0) is 18.3. The van der Waals surface area contributed by atoms with Crippen LogP contribution in [0.1, 0.15) is 57.4 Å². The summed E-state index contributed by atoms with van der Waals surface area (Å²) in [6, 6.07) is 7.67. The number of hydrogen-bond donors (Lipinski definition) is 4. The number of phenols is 1. The summed E-state index contributed by atoms with van der Waals surface area (Å²) in [4.78, 5) is 21.6. The Hall–Kier alpha value is -0.910. The molecule has 0 saturated carbocycles. The van der Waals surface area contributed by atoms with Crippen LogP contribution in [0.2, 0.25) is 0 Å². The van der Waals surface area contributed by atoms with E-state index in [-0.39, 0.29) is 0 Å². The van der Waals surface area contributed by atoms with E-state index in [9.17, 15) is 5.11 Å². The number of para-hydroxylation sites is 1. The molecule has 1 heterocycles. The molecule has 7 heteroatoms. The van der Waals surface area contributed by atoms with Gasteiger partial charge in [0.1, 0.15) is 5.75 Å². The first kappa shape index (κ1) is 23.1. The van der Waals surface area contributed by atoms with Gasteiger partial charge in [0.15, 0.2) is 0 Å². The van der Waals surface area contributed by atoms with Crippen LogP contribution in [0.3, 0.4) is 0 Å². The topological polar surface area (TPSA) is 111 Å². The van der Waals surface area contributed by atoms with Crippen LogP contribution >= 0.6 is 7.82 Å². The van der Waals surface area contributed by atoms with Gasteiger partial charge in [0.2, 0.25) is 0 Å². The van der Waals surface area contributed by atoms with Crippen molar-refractivity contribution in [3.63, 3.8) is 0 Å². The maximum Gasteiger partial charge on any atom is 0.466 e. The molecule has 1 saturated heterocycles. The molecule has 0 aliphatic carbocycles. The van der Waals surface area contributed by atoms with Gasteiger partial charge >= 0.3 is 7.82 Å². The molecule has 140 valence electrons. The van der Waals surface area contributed by atoms with Crippen molar-refractivity contribution in [3.8, 4) is 5.75 Å². The van der Waals surface area contributed by atoms with E-state index in [4.69, 9.17) is 19.2 Å². The van der Waals surface area contributed by atoms with Crippen molar-refractivity contribution in [2.45, 2.75) is 58.3 Å². The maximum absolute atomic E-state index is 9.58. The SMILES string of the molecule is C1CO1.CCCCCCCCCc1ccccc1O.O=P(O)(O)O. The Balaban J connectivity index is 0.000000541. The molecule has 0 amide bonds. The molecule has 0 unspecified atom stereocenters. The molecule has 1 aromatic carbocycles. The van der Waals surface area contributed by atoms with E-state index < -0.39 is 7.82 Å². The lowest BCUT2D eigenvalue weighted by Crippen LogP contribution is -1.87. The van der Waals surface area contributed by atoms with E-state index in [0.29, 0.717) is 5.75 Å². The van der Waals surface area contributed by atoms with Gasteiger partial charge in [-0.05, 0) is 24.5 Å². The minimum atomic E-state index is -4.64. The molecular formula is C17H31O6P. The standard InChI is InChI=1S/C15H24O.C2H4O.H3O4P/c1-2-3-4-5-6-7-8-11-14-12-9-10-13-15(14)16;1-2-3-1;1-5(2,3)4/h9-10,12-13,16H,2-8,11H2,1H3;1-2H2;(H3,1,2,3,4). The molecule has 6 nitrogen and oxygen atoms in total. The molecule has 0 aromatic heterocycles. The summed E-state index contributed by atoms with van der Waals surface area (Å²) >= 11 is 0. The first-order valence-corrected chi connectivity index (χ1v) is 10.0. The summed E-state index contributed by atoms with van der Waals surface area (Å²) in [5, 5.41) is 9.58. The summed E-state index contributed by atoms with van der Waals surface area (Å²) < 4.78 is 13.4. The summed E-state index contributed by atoms with van der Waals surface area (Å²) in [5.74, 6) is 0.452.